The Bertz CT molecular complexity index is 594. The summed E-state index contributed by atoms with van der Waals surface area (Å²) < 4.78 is 19.6. The van der Waals surface area contributed by atoms with Crippen LogP contribution in [0, 0.1) is 5.82 Å². The Kier molecular flexibility index (Phi) is 6.28. The molecule has 0 radical (unpaired) electrons. The number of nitrogens with one attached hydrogen (secondary N) is 1. The van der Waals surface area contributed by atoms with Gasteiger partial charge >= 0.3 is 0 Å². The standard InChI is InChI=1S/C17H24FN3O3/c1-20(2)10-6-9-19-17(23)16-15(21(3)14(22)11-24-16)12-7-4-5-8-13(12)18/h4-5,7-8,15-16H,6,9-11H2,1-3H3,(H,19,23)/t15-,16+/m0/s1. The van der Waals surface area contributed by atoms with Crippen LogP contribution in [-0.4, -0.2) is 68.6 Å². The molecule has 0 bridgehead atoms. The average molecular weight is 337 g/mol. The van der Waals surface area contributed by atoms with Gasteiger partial charge in [-0.25, -0.2) is 4.39 Å². The fourth-order valence-corrected chi connectivity index (χ4v) is 2.73. The summed E-state index contributed by atoms with van der Waals surface area (Å²) in [5, 5.41) is 2.81. The van der Waals surface area contributed by atoms with E-state index in [-0.39, 0.29) is 24.0 Å². The summed E-state index contributed by atoms with van der Waals surface area (Å²) in [6, 6.07) is 5.36. The van der Waals surface area contributed by atoms with Crippen molar-refractivity contribution in [2.24, 2.45) is 0 Å². The molecule has 132 valence electrons. The Balaban J connectivity index is 2.12. The van der Waals surface area contributed by atoms with Gasteiger partial charge in [0.15, 0.2) is 6.10 Å². The average Bonchev–Trinajstić information content (AvgIpc) is 2.54. The number of hydrogen-bond acceptors (Lipinski definition) is 4. The van der Waals surface area contributed by atoms with Crippen molar-refractivity contribution in [3.63, 3.8) is 0 Å². The van der Waals surface area contributed by atoms with Gasteiger partial charge in [0, 0.05) is 19.2 Å². The van der Waals surface area contributed by atoms with E-state index in [4.69, 9.17) is 4.74 Å². The fourth-order valence-electron chi connectivity index (χ4n) is 2.73. The number of benzene rings is 1. The lowest BCUT2D eigenvalue weighted by molar-refractivity contribution is -0.162. The van der Waals surface area contributed by atoms with E-state index in [0.717, 1.165) is 13.0 Å². The minimum Gasteiger partial charge on any atom is -0.356 e. The van der Waals surface area contributed by atoms with Crippen LogP contribution >= 0.6 is 0 Å². The van der Waals surface area contributed by atoms with E-state index >= 15 is 0 Å². The normalized spacial score (nSPS) is 21.2. The molecule has 2 atom stereocenters. The lowest BCUT2D eigenvalue weighted by Gasteiger charge is -2.38. The molecule has 1 aliphatic heterocycles. The number of rotatable bonds is 6. The third kappa shape index (κ3) is 4.30. The second kappa shape index (κ2) is 8.21. The minimum absolute atomic E-state index is 0.183. The summed E-state index contributed by atoms with van der Waals surface area (Å²) in [6.45, 7) is 1.16. The van der Waals surface area contributed by atoms with Crippen molar-refractivity contribution < 1.29 is 18.7 Å². The molecule has 6 nitrogen and oxygen atoms in total. The Morgan fingerprint density at radius 1 is 1.42 bits per heavy atom. The van der Waals surface area contributed by atoms with Gasteiger partial charge in [-0.15, -0.1) is 0 Å². The Hall–Kier alpha value is -1.99. The summed E-state index contributed by atoms with van der Waals surface area (Å²) in [4.78, 5) is 27.8. The van der Waals surface area contributed by atoms with Crippen LogP contribution in [0.5, 0.6) is 0 Å². The first kappa shape index (κ1) is 18.4. The molecule has 1 saturated heterocycles. The summed E-state index contributed by atoms with van der Waals surface area (Å²) in [7, 11) is 5.48. The molecule has 7 heteroatoms. The van der Waals surface area contributed by atoms with Crippen molar-refractivity contribution in [3.05, 3.63) is 35.6 Å². The second-order valence-corrected chi connectivity index (χ2v) is 6.15. The van der Waals surface area contributed by atoms with E-state index < -0.39 is 18.0 Å². The molecule has 0 saturated carbocycles. The molecule has 2 rings (SSSR count). The highest BCUT2D eigenvalue weighted by Gasteiger charge is 2.41. The lowest BCUT2D eigenvalue weighted by Crippen LogP contribution is -2.53. The van der Waals surface area contributed by atoms with Crippen LogP contribution in [0.1, 0.15) is 18.0 Å². The molecule has 0 aliphatic carbocycles. The zero-order valence-electron chi connectivity index (χ0n) is 14.3. The summed E-state index contributed by atoms with van der Waals surface area (Å²) >= 11 is 0. The largest absolute Gasteiger partial charge is 0.356 e. The highest BCUT2D eigenvalue weighted by atomic mass is 19.1. The molecule has 24 heavy (non-hydrogen) atoms. The van der Waals surface area contributed by atoms with Gasteiger partial charge in [0.2, 0.25) is 5.91 Å². The molecule has 1 aromatic rings. The predicted molar refractivity (Wildman–Crippen MR) is 87.8 cm³/mol. The maximum atomic E-state index is 14.2. The number of nitrogens with zero attached hydrogens (tertiary/aromatic N) is 2. The second-order valence-electron chi connectivity index (χ2n) is 6.15. The third-order valence-electron chi connectivity index (χ3n) is 4.05. The van der Waals surface area contributed by atoms with Crippen molar-refractivity contribution in [1.82, 2.24) is 15.1 Å². The van der Waals surface area contributed by atoms with Crippen LogP contribution in [0.2, 0.25) is 0 Å². The van der Waals surface area contributed by atoms with Gasteiger partial charge in [-0.1, -0.05) is 18.2 Å². The van der Waals surface area contributed by atoms with E-state index in [2.05, 4.69) is 5.32 Å². The van der Waals surface area contributed by atoms with Crippen molar-refractivity contribution in [2.45, 2.75) is 18.6 Å². The van der Waals surface area contributed by atoms with Crippen LogP contribution in [0.25, 0.3) is 0 Å². The Labute approximate surface area is 141 Å². The molecular formula is C17H24FN3O3. The van der Waals surface area contributed by atoms with Crippen LogP contribution < -0.4 is 5.32 Å². The van der Waals surface area contributed by atoms with E-state index in [0.29, 0.717) is 6.54 Å². The molecular weight excluding hydrogens is 313 g/mol. The van der Waals surface area contributed by atoms with Gasteiger partial charge in [0.1, 0.15) is 12.4 Å². The maximum absolute atomic E-state index is 14.2. The fraction of sp³-hybridized carbons (Fsp3) is 0.529. The van der Waals surface area contributed by atoms with E-state index in [1.54, 1.807) is 25.2 Å². The highest BCUT2D eigenvalue weighted by molar-refractivity contribution is 5.86. The van der Waals surface area contributed by atoms with Crippen LogP contribution in [0.4, 0.5) is 4.39 Å². The number of ether oxygens (including phenoxy) is 1. The van der Waals surface area contributed by atoms with E-state index in [9.17, 15) is 14.0 Å². The lowest BCUT2D eigenvalue weighted by atomic mass is 9.97. The highest BCUT2D eigenvalue weighted by Crippen LogP contribution is 2.30. The molecule has 1 N–H and O–H groups in total. The number of morpholine rings is 1. The first-order chi connectivity index (χ1) is 11.4. The smallest absolute Gasteiger partial charge is 0.251 e. The molecule has 1 aromatic carbocycles. The molecule has 2 amide bonds. The van der Waals surface area contributed by atoms with Crippen molar-refractivity contribution in [1.29, 1.82) is 0 Å². The number of amides is 2. The molecule has 0 aromatic heterocycles. The summed E-state index contributed by atoms with van der Waals surface area (Å²) in [5.74, 6) is -1.07. The quantitative estimate of drug-likeness (QED) is 0.780. The van der Waals surface area contributed by atoms with Crippen molar-refractivity contribution in [2.75, 3.05) is 40.8 Å². The molecule has 1 fully saturated rings. The third-order valence-corrected chi connectivity index (χ3v) is 4.05. The Morgan fingerprint density at radius 3 is 2.79 bits per heavy atom. The van der Waals surface area contributed by atoms with Gasteiger partial charge in [-0.2, -0.15) is 0 Å². The van der Waals surface area contributed by atoms with E-state index in [1.165, 1.54) is 11.0 Å². The number of carbonyl (C=O) groups is 2. The van der Waals surface area contributed by atoms with Crippen LogP contribution in [-0.2, 0) is 14.3 Å². The topological polar surface area (TPSA) is 61.9 Å². The van der Waals surface area contributed by atoms with Crippen LogP contribution in [0.15, 0.2) is 24.3 Å². The number of likely N-dealkylation sites (N-methyl/N-ethyl adjacent to an activating group) is 1. The molecule has 1 heterocycles. The SMILES string of the molecule is CN(C)CCCNC(=O)[C@@H]1OCC(=O)N(C)[C@H]1c1ccccc1F. The number of halogens is 1. The molecule has 0 spiro atoms. The zero-order valence-corrected chi connectivity index (χ0v) is 14.3. The predicted octanol–water partition coefficient (Wildman–Crippen LogP) is 0.792. The summed E-state index contributed by atoms with van der Waals surface area (Å²) in [6.07, 6.45) is -0.131. The number of carbonyl (C=O) groups excluding carboxylic acids is 2. The van der Waals surface area contributed by atoms with Crippen LogP contribution in [0.3, 0.4) is 0 Å². The minimum atomic E-state index is -0.927. The monoisotopic (exact) mass is 337 g/mol. The maximum Gasteiger partial charge on any atom is 0.251 e. The van der Waals surface area contributed by atoms with Crippen molar-refractivity contribution in [3.8, 4) is 0 Å². The first-order valence-corrected chi connectivity index (χ1v) is 7.96. The Morgan fingerprint density at radius 2 is 2.12 bits per heavy atom. The molecule has 1 aliphatic rings. The number of hydrogen-bond donors (Lipinski definition) is 1. The van der Waals surface area contributed by atoms with Gasteiger partial charge in [0.25, 0.3) is 5.91 Å². The van der Waals surface area contributed by atoms with Gasteiger partial charge in [-0.05, 0) is 33.1 Å². The summed E-state index contributed by atoms with van der Waals surface area (Å²) in [5.41, 5.74) is 0.279. The van der Waals surface area contributed by atoms with Gasteiger partial charge in [-0.3, -0.25) is 9.59 Å². The first-order valence-electron chi connectivity index (χ1n) is 7.96. The van der Waals surface area contributed by atoms with E-state index in [1.807, 2.05) is 19.0 Å². The van der Waals surface area contributed by atoms with Crippen molar-refractivity contribution >= 4 is 11.8 Å². The molecule has 0 unspecified atom stereocenters. The van der Waals surface area contributed by atoms with Gasteiger partial charge < -0.3 is 19.9 Å². The zero-order chi connectivity index (χ0) is 17.7. The van der Waals surface area contributed by atoms with Gasteiger partial charge in [0.05, 0.1) is 6.04 Å².